The lowest BCUT2D eigenvalue weighted by Crippen LogP contribution is -2.47. The maximum absolute atomic E-state index is 13.3. The molecule has 0 spiro atoms. The molecule has 3 aliphatic rings. The van der Waals surface area contributed by atoms with Crippen LogP contribution in [0.1, 0.15) is 28.9 Å². The third-order valence-corrected chi connectivity index (χ3v) is 9.66. The number of rotatable bonds is 5. The van der Waals surface area contributed by atoms with Crippen LogP contribution in [0.15, 0.2) is 24.5 Å². The Morgan fingerprint density at radius 3 is 2.31 bits per heavy atom. The van der Waals surface area contributed by atoms with Crippen molar-refractivity contribution in [1.29, 1.82) is 0 Å². The van der Waals surface area contributed by atoms with Gasteiger partial charge in [0.15, 0.2) is 0 Å². The summed E-state index contributed by atoms with van der Waals surface area (Å²) in [5.74, 6) is 1.27. The number of likely N-dealkylation sites (tertiary alicyclic amines) is 2. The molecule has 1 aromatic heterocycles. The van der Waals surface area contributed by atoms with Gasteiger partial charge in [0.25, 0.3) is 5.91 Å². The van der Waals surface area contributed by atoms with Crippen LogP contribution in [-0.4, -0.2) is 90.0 Å². The summed E-state index contributed by atoms with van der Waals surface area (Å²) in [7, 11) is -3.11. The fourth-order valence-corrected chi connectivity index (χ4v) is 6.86. The number of anilines is 2. The number of nitrogens with zero attached hydrogens (tertiary/aromatic N) is 5. The van der Waals surface area contributed by atoms with E-state index in [1.54, 1.807) is 22.5 Å². The topological polar surface area (TPSA) is 98.7 Å². The number of piperidine rings is 1. The molecule has 3 saturated heterocycles. The second kappa shape index (κ2) is 10.1. The first kappa shape index (κ1) is 25.7. The molecular weight excluding hydrogens is 523 g/mol. The van der Waals surface area contributed by atoms with E-state index < -0.39 is 10.0 Å². The number of fused-ring (bicyclic) bond motifs is 1. The molecule has 1 aromatic carbocycles. The number of benzene rings is 1. The van der Waals surface area contributed by atoms with E-state index in [0.717, 1.165) is 31.6 Å². The molecule has 1 N–H and O–H groups in total. The van der Waals surface area contributed by atoms with Gasteiger partial charge in [0.05, 0.1) is 16.3 Å². The number of aromatic nitrogens is 2. The first-order valence-electron chi connectivity index (χ1n) is 12.1. The molecule has 3 fully saturated rings. The summed E-state index contributed by atoms with van der Waals surface area (Å²) in [5, 5.41) is 4.10. The summed E-state index contributed by atoms with van der Waals surface area (Å²) >= 11 is 12.1. The van der Waals surface area contributed by atoms with Crippen molar-refractivity contribution < 1.29 is 13.2 Å². The molecule has 36 heavy (non-hydrogen) atoms. The van der Waals surface area contributed by atoms with Gasteiger partial charge in [-0.3, -0.25) is 9.69 Å². The van der Waals surface area contributed by atoms with Crippen molar-refractivity contribution in [2.24, 2.45) is 11.8 Å². The summed E-state index contributed by atoms with van der Waals surface area (Å²) in [4.78, 5) is 26.3. The standard InChI is InChI=1S/C24H30Cl2N6O3S/c1-15-22(27-14-28-23(15)29-18-3-4-20(25)21(26)9-18)24(33)30-7-5-19(6-8-30)31-10-16-12-32(36(2,34)35)13-17(16)11-31/h3-4,9,14,16-17,19H,5-8,10-13H2,1-2H3,(H,27,28,29). The normalized spacial score (nSPS) is 23.7. The number of sulfonamides is 1. The van der Waals surface area contributed by atoms with Crippen LogP contribution in [0, 0.1) is 18.8 Å². The highest BCUT2D eigenvalue weighted by molar-refractivity contribution is 7.88. The van der Waals surface area contributed by atoms with Crippen molar-refractivity contribution in [2.45, 2.75) is 25.8 Å². The van der Waals surface area contributed by atoms with E-state index in [4.69, 9.17) is 23.2 Å². The lowest BCUT2D eigenvalue weighted by Gasteiger charge is -2.37. The summed E-state index contributed by atoms with van der Waals surface area (Å²) < 4.78 is 25.4. The number of hydrogen-bond acceptors (Lipinski definition) is 7. The van der Waals surface area contributed by atoms with E-state index in [1.165, 1.54) is 12.6 Å². The van der Waals surface area contributed by atoms with Gasteiger partial charge >= 0.3 is 0 Å². The second-order valence-corrected chi connectivity index (χ2v) is 12.8. The monoisotopic (exact) mass is 552 g/mol. The molecule has 0 saturated carbocycles. The summed E-state index contributed by atoms with van der Waals surface area (Å²) in [6, 6.07) is 5.63. The third kappa shape index (κ3) is 5.19. The molecule has 2 aromatic rings. The minimum Gasteiger partial charge on any atom is -0.340 e. The largest absolute Gasteiger partial charge is 0.340 e. The summed E-state index contributed by atoms with van der Waals surface area (Å²) in [6.45, 7) is 6.30. The van der Waals surface area contributed by atoms with Crippen molar-refractivity contribution in [2.75, 3.05) is 50.8 Å². The minimum absolute atomic E-state index is 0.0902. The number of carbonyl (C=O) groups excluding carboxylic acids is 1. The van der Waals surface area contributed by atoms with E-state index >= 15 is 0 Å². The maximum atomic E-state index is 13.3. The summed E-state index contributed by atoms with van der Waals surface area (Å²) in [6.07, 6.45) is 4.50. The maximum Gasteiger partial charge on any atom is 0.272 e. The van der Waals surface area contributed by atoms with Gasteiger partial charge in [-0.2, -0.15) is 0 Å². The molecule has 4 heterocycles. The molecule has 9 nitrogen and oxygen atoms in total. The Bertz CT molecular complexity index is 1250. The Morgan fingerprint density at radius 2 is 1.69 bits per heavy atom. The van der Waals surface area contributed by atoms with Crippen molar-refractivity contribution in [3.63, 3.8) is 0 Å². The Kier molecular flexibility index (Phi) is 7.17. The van der Waals surface area contributed by atoms with Gasteiger partial charge in [0.1, 0.15) is 17.8 Å². The smallest absolute Gasteiger partial charge is 0.272 e. The van der Waals surface area contributed by atoms with Crippen LogP contribution in [0.25, 0.3) is 0 Å². The van der Waals surface area contributed by atoms with E-state index in [0.29, 0.717) is 71.2 Å². The average molecular weight is 554 g/mol. The predicted octanol–water partition coefficient (Wildman–Crippen LogP) is 3.26. The van der Waals surface area contributed by atoms with Crippen molar-refractivity contribution in [3.8, 4) is 0 Å². The lowest BCUT2D eigenvalue weighted by atomic mass is 10.0. The Hall–Kier alpha value is -1.98. The molecule has 12 heteroatoms. The van der Waals surface area contributed by atoms with Gasteiger partial charge in [0, 0.05) is 56.6 Å². The van der Waals surface area contributed by atoms with Crippen molar-refractivity contribution in [1.82, 2.24) is 24.1 Å². The quantitative estimate of drug-likeness (QED) is 0.607. The Balaban J connectivity index is 1.18. The Labute approximate surface area is 221 Å². The molecule has 0 bridgehead atoms. The minimum atomic E-state index is -3.11. The van der Waals surface area contributed by atoms with Crippen molar-refractivity contribution in [3.05, 3.63) is 45.8 Å². The number of amides is 1. The van der Waals surface area contributed by atoms with E-state index in [-0.39, 0.29) is 5.91 Å². The molecule has 5 rings (SSSR count). The number of halogens is 2. The van der Waals surface area contributed by atoms with Gasteiger partial charge in [-0.15, -0.1) is 0 Å². The first-order chi connectivity index (χ1) is 17.1. The first-order valence-corrected chi connectivity index (χ1v) is 14.7. The van der Waals surface area contributed by atoms with Gasteiger partial charge < -0.3 is 10.2 Å². The highest BCUT2D eigenvalue weighted by Gasteiger charge is 2.44. The van der Waals surface area contributed by atoms with E-state index in [2.05, 4.69) is 20.2 Å². The molecule has 0 aliphatic carbocycles. The van der Waals surface area contributed by atoms with Crippen LogP contribution < -0.4 is 5.32 Å². The van der Waals surface area contributed by atoms with E-state index in [9.17, 15) is 13.2 Å². The van der Waals surface area contributed by atoms with Crippen LogP contribution in [0.2, 0.25) is 10.0 Å². The summed E-state index contributed by atoms with van der Waals surface area (Å²) in [5.41, 5.74) is 1.79. The van der Waals surface area contributed by atoms with Crippen LogP contribution >= 0.6 is 23.2 Å². The van der Waals surface area contributed by atoms with Crippen LogP contribution in [0.5, 0.6) is 0 Å². The van der Waals surface area contributed by atoms with Crippen LogP contribution in [-0.2, 0) is 10.0 Å². The number of nitrogens with one attached hydrogen (secondary N) is 1. The highest BCUT2D eigenvalue weighted by atomic mass is 35.5. The molecule has 194 valence electrons. The second-order valence-electron chi connectivity index (χ2n) is 10.0. The van der Waals surface area contributed by atoms with Gasteiger partial charge in [-0.1, -0.05) is 23.2 Å². The predicted molar refractivity (Wildman–Crippen MR) is 140 cm³/mol. The molecule has 3 aliphatic heterocycles. The van der Waals surface area contributed by atoms with Crippen LogP contribution in [0.3, 0.4) is 0 Å². The van der Waals surface area contributed by atoms with Gasteiger partial charge in [0.2, 0.25) is 10.0 Å². The fraction of sp³-hybridized carbons (Fsp3) is 0.542. The zero-order chi connectivity index (χ0) is 25.6. The van der Waals surface area contributed by atoms with Gasteiger partial charge in [-0.05, 0) is 49.8 Å². The zero-order valence-corrected chi connectivity index (χ0v) is 22.7. The van der Waals surface area contributed by atoms with Crippen LogP contribution in [0.4, 0.5) is 11.5 Å². The SMILES string of the molecule is Cc1c(Nc2ccc(Cl)c(Cl)c2)ncnc1C(=O)N1CCC(N2CC3CN(S(C)(=O)=O)CC3C2)CC1. The fourth-order valence-electron chi connectivity index (χ4n) is 5.64. The molecule has 1 amide bonds. The Morgan fingerprint density at radius 1 is 1.03 bits per heavy atom. The average Bonchev–Trinajstić information content (AvgIpc) is 3.42. The third-order valence-electron chi connectivity index (χ3n) is 7.69. The number of carbonyl (C=O) groups is 1. The van der Waals surface area contributed by atoms with Gasteiger partial charge in [-0.25, -0.2) is 22.7 Å². The lowest BCUT2D eigenvalue weighted by molar-refractivity contribution is 0.0629. The molecule has 0 radical (unpaired) electrons. The molecule has 2 atom stereocenters. The molecule has 2 unspecified atom stereocenters. The highest BCUT2D eigenvalue weighted by Crippen LogP contribution is 2.35. The zero-order valence-electron chi connectivity index (χ0n) is 20.3. The van der Waals surface area contributed by atoms with Crippen molar-refractivity contribution >= 4 is 50.6 Å². The number of hydrogen-bond donors (Lipinski definition) is 1. The van der Waals surface area contributed by atoms with E-state index in [1.807, 2.05) is 11.8 Å². The molecular formula is C24H30Cl2N6O3S.